The Bertz CT molecular complexity index is 1610. The molecule has 0 bridgehead atoms. The van der Waals surface area contributed by atoms with Crippen LogP contribution in [0.3, 0.4) is 0 Å². The molecule has 1 fully saturated rings. The summed E-state index contributed by atoms with van der Waals surface area (Å²) in [6, 6.07) is 19.8. The number of imide groups is 1. The number of allylic oxidation sites excluding steroid dienone is 2. The van der Waals surface area contributed by atoms with Crippen LogP contribution < -0.4 is 0 Å². The van der Waals surface area contributed by atoms with Gasteiger partial charge in [0.25, 0.3) is 11.8 Å². The van der Waals surface area contributed by atoms with Gasteiger partial charge in [-0.3, -0.25) is 24.5 Å². The molecule has 6 heteroatoms. The highest BCUT2D eigenvalue weighted by Crippen LogP contribution is 2.37. The number of thiophene rings is 1. The van der Waals surface area contributed by atoms with Gasteiger partial charge >= 0.3 is 0 Å². The quantitative estimate of drug-likeness (QED) is 0.207. The molecule has 2 amide bonds. The number of aromatic nitrogens is 2. The minimum Gasteiger partial charge on any atom is -0.270 e. The summed E-state index contributed by atoms with van der Waals surface area (Å²) in [5.74, 6) is -0.461. The summed E-state index contributed by atoms with van der Waals surface area (Å²) < 4.78 is 0. The van der Waals surface area contributed by atoms with E-state index in [1.165, 1.54) is 9.78 Å². The molecule has 1 saturated heterocycles. The number of hydrogen-bond acceptors (Lipinski definition) is 5. The number of hydrogen-bond donors (Lipinski definition) is 0. The second-order valence-electron chi connectivity index (χ2n) is 9.74. The number of likely N-dealkylation sites (tertiary alicyclic amines) is 1. The van der Waals surface area contributed by atoms with Crippen molar-refractivity contribution in [2.24, 2.45) is 0 Å². The van der Waals surface area contributed by atoms with Gasteiger partial charge in [-0.25, -0.2) is 0 Å². The number of carbonyl (C=O) groups is 2. The Morgan fingerprint density at radius 3 is 2.13 bits per heavy atom. The monoisotopic (exact) mass is 519 g/mol. The average Bonchev–Trinajstić information content (AvgIpc) is 3.39. The Morgan fingerprint density at radius 2 is 1.50 bits per heavy atom. The van der Waals surface area contributed by atoms with E-state index >= 15 is 0 Å². The minimum absolute atomic E-state index is 0.225. The number of aryl methyl sites for hydroxylation is 2. The molecule has 1 aromatic carbocycles. The Hall–Kier alpha value is -4.16. The Balaban J connectivity index is 1.43. The van der Waals surface area contributed by atoms with Crippen LogP contribution in [0.5, 0.6) is 0 Å². The van der Waals surface area contributed by atoms with Crippen LogP contribution in [0.4, 0.5) is 0 Å². The lowest BCUT2D eigenvalue weighted by Gasteiger charge is -2.14. The molecule has 3 aromatic heterocycles. The van der Waals surface area contributed by atoms with Crippen molar-refractivity contribution in [3.05, 3.63) is 111 Å². The lowest BCUT2D eigenvalue weighted by Crippen LogP contribution is -2.29. The van der Waals surface area contributed by atoms with Gasteiger partial charge in [-0.2, -0.15) is 0 Å². The Labute approximate surface area is 227 Å². The molecule has 1 aliphatic rings. The normalized spacial score (nSPS) is 14.9. The molecule has 5 rings (SSSR count). The van der Waals surface area contributed by atoms with Crippen LogP contribution in [-0.2, 0) is 16.1 Å². The third-order valence-corrected chi connectivity index (χ3v) is 7.77. The molecule has 38 heavy (non-hydrogen) atoms. The largest absolute Gasteiger partial charge is 0.270 e. The minimum atomic E-state index is -0.231. The summed E-state index contributed by atoms with van der Waals surface area (Å²) in [6.07, 6.45) is 3.54. The van der Waals surface area contributed by atoms with Crippen molar-refractivity contribution >= 4 is 28.7 Å². The van der Waals surface area contributed by atoms with E-state index in [1.54, 1.807) is 23.7 Å². The molecule has 0 radical (unpaired) electrons. The van der Waals surface area contributed by atoms with E-state index in [9.17, 15) is 9.59 Å². The third kappa shape index (κ3) is 4.75. The van der Waals surface area contributed by atoms with Crippen molar-refractivity contribution in [2.45, 2.75) is 41.2 Å². The summed E-state index contributed by atoms with van der Waals surface area (Å²) >= 11 is 1.70. The van der Waals surface area contributed by atoms with Crippen LogP contribution in [0.25, 0.3) is 28.1 Å². The SMILES string of the molecule is CC(C)=C1C(=O)N(Cc2ccc(-c3ccnc(-c4ccccn4)c3)cc2)C(=O)/C1=C(\C)c1cc(C)sc1C. The van der Waals surface area contributed by atoms with Gasteiger partial charge in [0.05, 0.1) is 29.1 Å². The average molecular weight is 520 g/mol. The van der Waals surface area contributed by atoms with Crippen LogP contribution in [0.1, 0.15) is 41.7 Å². The van der Waals surface area contributed by atoms with Crippen molar-refractivity contribution in [2.75, 3.05) is 0 Å². The number of amides is 2. The number of rotatable bonds is 5. The van der Waals surface area contributed by atoms with Crippen molar-refractivity contribution in [1.29, 1.82) is 0 Å². The van der Waals surface area contributed by atoms with Gasteiger partial charge in [-0.05, 0) is 92.8 Å². The van der Waals surface area contributed by atoms with Crippen molar-refractivity contribution in [1.82, 2.24) is 14.9 Å². The lowest BCUT2D eigenvalue weighted by molar-refractivity contribution is -0.137. The molecule has 0 aliphatic carbocycles. The maximum absolute atomic E-state index is 13.6. The standard InChI is InChI=1S/C32H29N3O2S/c1-19(2)29-30(21(4)26-16-20(3)38-22(26)5)32(37)35(31(29)36)18-23-9-11-24(12-10-23)25-13-15-34-28(17-25)27-8-6-7-14-33-27/h6-17H,18H2,1-5H3/b30-21+. The zero-order valence-electron chi connectivity index (χ0n) is 22.2. The second-order valence-corrected chi connectivity index (χ2v) is 11.2. The maximum Gasteiger partial charge on any atom is 0.262 e. The highest BCUT2D eigenvalue weighted by atomic mass is 32.1. The molecule has 4 heterocycles. The number of nitrogens with zero attached hydrogens (tertiary/aromatic N) is 3. The third-order valence-electron chi connectivity index (χ3n) is 6.80. The van der Waals surface area contributed by atoms with Crippen molar-refractivity contribution < 1.29 is 9.59 Å². The molecule has 4 aromatic rings. The predicted molar refractivity (Wildman–Crippen MR) is 153 cm³/mol. The fourth-order valence-electron chi connectivity index (χ4n) is 4.92. The maximum atomic E-state index is 13.6. The van der Waals surface area contributed by atoms with Gasteiger partial charge < -0.3 is 0 Å². The zero-order chi connectivity index (χ0) is 27.0. The smallest absolute Gasteiger partial charge is 0.262 e. The predicted octanol–water partition coefficient (Wildman–Crippen LogP) is 7.17. The van der Waals surface area contributed by atoms with E-state index in [0.717, 1.165) is 49.7 Å². The first-order valence-electron chi connectivity index (χ1n) is 12.5. The van der Waals surface area contributed by atoms with E-state index in [2.05, 4.69) is 29.9 Å². The van der Waals surface area contributed by atoms with E-state index < -0.39 is 0 Å². The van der Waals surface area contributed by atoms with Gasteiger partial charge in [0.1, 0.15) is 0 Å². The second kappa shape index (κ2) is 10.3. The van der Waals surface area contributed by atoms with Gasteiger partial charge in [0.15, 0.2) is 0 Å². The van der Waals surface area contributed by atoms with E-state index in [0.29, 0.717) is 11.1 Å². The summed E-state index contributed by atoms with van der Waals surface area (Å²) in [5, 5.41) is 0. The fraction of sp³-hybridized carbons (Fsp3) is 0.188. The zero-order valence-corrected chi connectivity index (χ0v) is 23.0. The van der Waals surface area contributed by atoms with Gasteiger partial charge in [0.2, 0.25) is 0 Å². The summed E-state index contributed by atoms with van der Waals surface area (Å²) in [5.41, 5.74) is 8.35. The first-order chi connectivity index (χ1) is 18.2. The van der Waals surface area contributed by atoms with Gasteiger partial charge in [-0.1, -0.05) is 35.9 Å². The summed E-state index contributed by atoms with van der Waals surface area (Å²) in [6.45, 7) is 10.1. The van der Waals surface area contributed by atoms with Crippen LogP contribution >= 0.6 is 11.3 Å². The van der Waals surface area contributed by atoms with Crippen molar-refractivity contribution in [3.8, 4) is 22.5 Å². The van der Waals surface area contributed by atoms with Crippen LogP contribution in [0, 0.1) is 13.8 Å². The van der Waals surface area contributed by atoms with Gasteiger partial charge in [-0.15, -0.1) is 11.3 Å². The topological polar surface area (TPSA) is 63.2 Å². The fourth-order valence-corrected chi connectivity index (χ4v) is 5.90. The van der Waals surface area contributed by atoms with Crippen LogP contribution in [0.15, 0.2) is 89.8 Å². The molecular formula is C32H29N3O2S. The van der Waals surface area contributed by atoms with E-state index in [1.807, 2.05) is 75.4 Å². The molecule has 0 spiro atoms. The first-order valence-corrected chi connectivity index (χ1v) is 13.4. The number of carbonyl (C=O) groups excluding carboxylic acids is 2. The lowest BCUT2D eigenvalue weighted by atomic mass is 9.95. The van der Waals surface area contributed by atoms with E-state index in [-0.39, 0.29) is 18.4 Å². The molecule has 0 atom stereocenters. The molecule has 0 N–H and O–H groups in total. The highest BCUT2D eigenvalue weighted by Gasteiger charge is 2.40. The molecule has 1 aliphatic heterocycles. The molecule has 190 valence electrons. The number of pyridine rings is 2. The van der Waals surface area contributed by atoms with Crippen LogP contribution in [-0.4, -0.2) is 26.7 Å². The van der Waals surface area contributed by atoms with Crippen LogP contribution in [0.2, 0.25) is 0 Å². The van der Waals surface area contributed by atoms with Gasteiger partial charge in [0, 0.05) is 22.1 Å². The Kier molecular flexibility index (Phi) is 6.91. The first kappa shape index (κ1) is 25.5. The number of benzene rings is 1. The van der Waals surface area contributed by atoms with E-state index in [4.69, 9.17) is 0 Å². The molecule has 5 nitrogen and oxygen atoms in total. The molecular weight excluding hydrogens is 490 g/mol. The summed E-state index contributed by atoms with van der Waals surface area (Å²) in [7, 11) is 0. The highest BCUT2D eigenvalue weighted by molar-refractivity contribution is 7.12. The molecule has 0 unspecified atom stereocenters. The summed E-state index contributed by atoms with van der Waals surface area (Å²) in [4.78, 5) is 39.7. The molecule has 0 saturated carbocycles. The Morgan fingerprint density at radius 1 is 0.789 bits per heavy atom. The van der Waals surface area contributed by atoms with Crippen molar-refractivity contribution in [3.63, 3.8) is 0 Å².